The Hall–Kier alpha value is -3.66. The molecular weight excluding hydrogens is 516 g/mol. The molecule has 214 valence electrons. The van der Waals surface area contributed by atoms with Gasteiger partial charge in [0.25, 0.3) is 0 Å². The zero-order valence-corrected chi connectivity index (χ0v) is 22.6. The highest BCUT2D eigenvalue weighted by atomic mass is 16.9. The standard InChI is InChI=1S/C31H36O9/c1-3-28(32)36-19-7-5-17-34-26-13-9-24(10-14-26)30-21-38-31(39-22-30,40-23-30)25-11-15-27(16-12-25)35-18-6-8-20-37-29(33)4-2/h3-4,9-16H,1-2,5-8,17-23H2. The number of esters is 2. The van der Waals surface area contributed by atoms with Gasteiger partial charge in [-0.25, -0.2) is 9.59 Å². The molecule has 0 saturated carbocycles. The first kappa shape index (κ1) is 29.3. The Bertz CT molecular complexity index is 1020. The van der Waals surface area contributed by atoms with Crippen LogP contribution in [-0.4, -0.2) is 58.2 Å². The van der Waals surface area contributed by atoms with Gasteiger partial charge in [-0.1, -0.05) is 25.3 Å². The summed E-state index contributed by atoms with van der Waals surface area (Å²) >= 11 is 0. The van der Waals surface area contributed by atoms with Crippen LogP contribution in [0.2, 0.25) is 0 Å². The van der Waals surface area contributed by atoms with Crippen molar-refractivity contribution in [2.45, 2.75) is 37.1 Å². The van der Waals surface area contributed by atoms with Gasteiger partial charge in [0, 0.05) is 17.7 Å². The minimum atomic E-state index is -1.22. The van der Waals surface area contributed by atoms with E-state index in [1.54, 1.807) is 0 Å². The Morgan fingerprint density at radius 2 is 1.05 bits per heavy atom. The van der Waals surface area contributed by atoms with E-state index in [1.807, 2.05) is 48.5 Å². The molecule has 0 aromatic heterocycles. The van der Waals surface area contributed by atoms with Gasteiger partial charge in [0.2, 0.25) is 0 Å². The van der Waals surface area contributed by atoms with E-state index in [2.05, 4.69) is 13.2 Å². The highest BCUT2D eigenvalue weighted by molar-refractivity contribution is 5.81. The molecule has 0 aliphatic carbocycles. The normalized spacial score (nSPS) is 21.3. The van der Waals surface area contributed by atoms with E-state index < -0.39 is 23.3 Å². The number of carbonyl (C=O) groups is 2. The van der Waals surface area contributed by atoms with Crippen LogP contribution in [-0.2, 0) is 44.7 Å². The number of fused-ring (bicyclic) bond motifs is 3. The fourth-order valence-corrected chi connectivity index (χ4v) is 4.36. The number of carbonyl (C=O) groups excluding carboxylic acids is 2. The molecule has 2 aromatic carbocycles. The van der Waals surface area contributed by atoms with E-state index >= 15 is 0 Å². The van der Waals surface area contributed by atoms with Crippen molar-refractivity contribution in [3.05, 3.63) is 85.0 Å². The monoisotopic (exact) mass is 552 g/mol. The lowest BCUT2D eigenvalue weighted by Gasteiger charge is -2.52. The molecule has 3 fully saturated rings. The molecule has 2 bridgehead atoms. The second kappa shape index (κ2) is 14.1. The molecular formula is C31H36O9. The van der Waals surface area contributed by atoms with Crippen LogP contribution in [0.3, 0.4) is 0 Å². The smallest absolute Gasteiger partial charge is 0.330 e. The molecule has 3 aliphatic rings. The van der Waals surface area contributed by atoms with Gasteiger partial charge < -0.3 is 33.2 Å². The van der Waals surface area contributed by atoms with Gasteiger partial charge >= 0.3 is 17.9 Å². The molecule has 2 aromatic rings. The first-order chi connectivity index (χ1) is 19.5. The predicted molar refractivity (Wildman–Crippen MR) is 146 cm³/mol. The summed E-state index contributed by atoms with van der Waals surface area (Å²) in [5, 5.41) is 0. The quantitative estimate of drug-likeness (QED) is 0.168. The van der Waals surface area contributed by atoms with Crippen LogP contribution in [0.4, 0.5) is 0 Å². The Labute approximate surface area is 234 Å². The number of hydrogen-bond acceptors (Lipinski definition) is 9. The number of rotatable bonds is 16. The van der Waals surface area contributed by atoms with Crippen molar-refractivity contribution in [3.63, 3.8) is 0 Å². The van der Waals surface area contributed by atoms with Gasteiger partial charge in [0.1, 0.15) is 11.5 Å². The first-order valence-electron chi connectivity index (χ1n) is 13.5. The Kier molecular flexibility index (Phi) is 10.3. The van der Waals surface area contributed by atoms with Gasteiger partial charge in [0.15, 0.2) is 0 Å². The Morgan fingerprint density at radius 3 is 1.48 bits per heavy atom. The lowest BCUT2D eigenvalue weighted by molar-refractivity contribution is -0.466. The van der Waals surface area contributed by atoms with Crippen molar-refractivity contribution < 1.29 is 42.7 Å². The molecule has 0 unspecified atom stereocenters. The second-order valence-corrected chi connectivity index (χ2v) is 9.61. The average molecular weight is 553 g/mol. The molecule has 9 nitrogen and oxygen atoms in total. The summed E-state index contributed by atoms with van der Waals surface area (Å²) in [6.07, 6.45) is 5.28. The lowest BCUT2D eigenvalue weighted by atomic mass is 9.80. The SMILES string of the molecule is C=CC(=O)OCCCCOc1ccc(C23COC(c4ccc(OCCCCOC(=O)C=C)cc4)(OC2)OC3)cc1. The van der Waals surface area contributed by atoms with E-state index in [9.17, 15) is 9.59 Å². The predicted octanol–water partition coefficient (Wildman–Crippen LogP) is 4.59. The minimum absolute atomic E-state index is 0.346. The maximum atomic E-state index is 11.0. The second-order valence-electron chi connectivity index (χ2n) is 9.61. The Morgan fingerprint density at radius 1 is 0.650 bits per heavy atom. The Balaban J connectivity index is 1.20. The fraction of sp³-hybridized carbons (Fsp3) is 0.419. The average Bonchev–Trinajstić information content (AvgIpc) is 3.01. The third kappa shape index (κ3) is 7.50. The highest BCUT2D eigenvalue weighted by Gasteiger charge is 2.54. The molecule has 3 aliphatic heterocycles. The van der Waals surface area contributed by atoms with Gasteiger partial charge in [-0.15, -0.1) is 0 Å². The van der Waals surface area contributed by atoms with Crippen LogP contribution in [0.15, 0.2) is 73.8 Å². The summed E-state index contributed by atoms with van der Waals surface area (Å²) in [7, 11) is 0. The zero-order chi connectivity index (χ0) is 28.3. The van der Waals surface area contributed by atoms with Gasteiger partial charge in [-0.2, -0.15) is 0 Å². The topological polar surface area (TPSA) is 98.8 Å². The van der Waals surface area contributed by atoms with Crippen LogP contribution in [0, 0.1) is 0 Å². The molecule has 0 spiro atoms. The number of ether oxygens (including phenoxy) is 7. The molecule has 0 N–H and O–H groups in total. The van der Waals surface area contributed by atoms with Crippen molar-refractivity contribution in [1.82, 2.24) is 0 Å². The summed E-state index contributed by atoms with van der Waals surface area (Å²) in [4.78, 5) is 22.1. The van der Waals surface area contributed by atoms with Crippen LogP contribution in [0.1, 0.15) is 36.8 Å². The molecule has 9 heteroatoms. The lowest BCUT2D eigenvalue weighted by Crippen LogP contribution is -2.60. The van der Waals surface area contributed by atoms with E-state index in [0.717, 1.165) is 54.0 Å². The molecule has 5 rings (SSSR count). The fourth-order valence-electron chi connectivity index (χ4n) is 4.36. The molecule has 0 atom stereocenters. The van der Waals surface area contributed by atoms with Crippen LogP contribution in [0.5, 0.6) is 11.5 Å². The molecule has 0 amide bonds. The maximum absolute atomic E-state index is 11.0. The number of unbranched alkanes of at least 4 members (excludes halogenated alkanes) is 2. The van der Waals surface area contributed by atoms with Gasteiger partial charge in [-0.05, 0) is 67.6 Å². The van der Waals surface area contributed by atoms with Crippen molar-refractivity contribution in [1.29, 1.82) is 0 Å². The van der Waals surface area contributed by atoms with E-state index in [4.69, 9.17) is 33.2 Å². The van der Waals surface area contributed by atoms with Gasteiger partial charge in [-0.3, -0.25) is 0 Å². The summed E-state index contributed by atoms with van der Waals surface area (Å²) in [6.45, 7) is 9.88. The third-order valence-electron chi connectivity index (χ3n) is 6.73. The van der Waals surface area contributed by atoms with Crippen LogP contribution in [0.25, 0.3) is 0 Å². The molecule has 0 radical (unpaired) electrons. The largest absolute Gasteiger partial charge is 0.494 e. The van der Waals surface area contributed by atoms with E-state index in [1.165, 1.54) is 0 Å². The maximum Gasteiger partial charge on any atom is 0.330 e. The summed E-state index contributed by atoms with van der Waals surface area (Å²) in [5.74, 6) is -0.553. The zero-order valence-electron chi connectivity index (χ0n) is 22.6. The summed E-state index contributed by atoms with van der Waals surface area (Å²) in [6, 6.07) is 15.4. The summed E-state index contributed by atoms with van der Waals surface area (Å²) < 4.78 is 40.0. The van der Waals surface area contributed by atoms with Crippen molar-refractivity contribution >= 4 is 11.9 Å². The van der Waals surface area contributed by atoms with Crippen molar-refractivity contribution in [3.8, 4) is 11.5 Å². The highest BCUT2D eigenvalue weighted by Crippen LogP contribution is 2.46. The van der Waals surface area contributed by atoms with Crippen LogP contribution >= 0.6 is 0 Å². The number of benzene rings is 2. The third-order valence-corrected chi connectivity index (χ3v) is 6.73. The summed E-state index contributed by atoms with van der Waals surface area (Å²) in [5.41, 5.74) is 1.44. The van der Waals surface area contributed by atoms with Gasteiger partial charge in [0.05, 0.1) is 51.7 Å². The first-order valence-corrected chi connectivity index (χ1v) is 13.5. The molecule has 40 heavy (non-hydrogen) atoms. The minimum Gasteiger partial charge on any atom is -0.494 e. The van der Waals surface area contributed by atoms with Crippen LogP contribution < -0.4 is 9.47 Å². The van der Waals surface area contributed by atoms with E-state index in [0.29, 0.717) is 52.7 Å². The van der Waals surface area contributed by atoms with Crippen molar-refractivity contribution in [2.24, 2.45) is 0 Å². The van der Waals surface area contributed by atoms with Crippen molar-refractivity contribution in [2.75, 3.05) is 46.2 Å². The van der Waals surface area contributed by atoms with E-state index in [-0.39, 0.29) is 0 Å². The number of hydrogen-bond donors (Lipinski definition) is 0. The molecule has 3 heterocycles. The molecule has 3 saturated heterocycles.